The van der Waals surface area contributed by atoms with Gasteiger partial charge in [0, 0.05) is 13.0 Å². The highest BCUT2D eigenvalue weighted by atomic mass is 19.4. The van der Waals surface area contributed by atoms with Crippen LogP contribution in [0.4, 0.5) is 13.2 Å². The summed E-state index contributed by atoms with van der Waals surface area (Å²) in [4.78, 5) is 25.0. The zero-order valence-corrected chi connectivity index (χ0v) is 13.3. The van der Waals surface area contributed by atoms with Gasteiger partial charge >= 0.3 is 12.1 Å². The average molecular weight is 343 g/mol. The summed E-state index contributed by atoms with van der Waals surface area (Å²) in [7, 11) is 0. The van der Waals surface area contributed by atoms with Gasteiger partial charge in [-0.3, -0.25) is 4.79 Å². The molecule has 1 saturated heterocycles. The Hall–Kier alpha value is -2.05. The number of carbonyl (C=O) groups is 2. The Kier molecular flexibility index (Phi) is 5.51. The van der Waals surface area contributed by atoms with Crippen LogP contribution in [-0.4, -0.2) is 34.5 Å². The molecule has 0 bridgehead atoms. The van der Waals surface area contributed by atoms with Gasteiger partial charge in [0.15, 0.2) is 0 Å². The molecule has 132 valence electrons. The number of carbonyl (C=O) groups excluding carboxylic acids is 1. The summed E-state index contributed by atoms with van der Waals surface area (Å²) in [6, 6.07) is 4.07. The molecule has 1 aliphatic rings. The van der Waals surface area contributed by atoms with Crippen molar-refractivity contribution in [2.75, 3.05) is 6.54 Å². The minimum absolute atomic E-state index is 0.00884. The van der Waals surface area contributed by atoms with Crippen molar-refractivity contribution in [1.29, 1.82) is 0 Å². The van der Waals surface area contributed by atoms with Gasteiger partial charge in [0.05, 0.1) is 5.56 Å². The SMILES string of the molecule is CC(CC(=O)N1CCCC[C@@H]1C(=O)O)c1cccc(C(F)(F)F)c1. The van der Waals surface area contributed by atoms with E-state index in [0.29, 0.717) is 18.5 Å². The Bertz CT molecular complexity index is 615. The van der Waals surface area contributed by atoms with E-state index in [0.717, 1.165) is 25.0 Å². The van der Waals surface area contributed by atoms with E-state index < -0.39 is 29.7 Å². The summed E-state index contributed by atoms with van der Waals surface area (Å²) in [5.41, 5.74) is -0.331. The molecule has 1 aliphatic heterocycles. The lowest BCUT2D eigenvalue weighted by atomic mass is 9.94. The zero-order valence-electron chi connectivity index (χ0n) is 13.3. The molecule has 2 rings (SSSR count). The number of carboxylic acid groups (broad SMARTS) is 1. The molecular formula is C17H20F3NO3. The number of likely N-dealkylation sites (tertiary alicyclic amines) is 1. The molecule has 0 radical (unpaired) electrons. The number of nitrogens with zero attached hydrogens (tertiary/aromatic N) is 1. The van der Waals surface area contributed by atoms with Gasteiger partial charge in [0.2, 0.25) is 5.91 Å². The summed E-state index contributed by atoms with van der Waals surface area (Å²) in [5, 5.41) is 9.22. The molecule has 4 nitrogen and oxygen atoms in total. The second-order valence-corrected chi connectivity index (χ2v) is 6.17. The molecule has 1 aromatic carbocycles. The Morgan fingerprint density at radius 2 is 2.04 bits per heavy atom. The summed E-state index contributed by atoms with van der Waals surface area (Å²) >= 11 is 0. The quantitative estimate of drug-likeness (QED) is 0.908. The second-order valence-electron chi connectivity index (χ2n) is 6.17. The number of aliphatic carboxylic acids is 1. The van der Waals surface area contributed by atoms with E-state index >= 15 is 0 Å². The van der Waals surface area contributed by atoms with Crippen molar-refractivity contribution < 1.29 is 27.9 Å². The lowest BCUT2D eigenvalue weighted by Crippen LogP contribution is -2.48. The van der Waals surface area contributed by atoms with Gasteiger partial charge in [-0.1, -0.05) is 25.1 Å². The number of benzene rings is 1. The maximum absolute atomic E-state index is 12.8. The summed E-state index contributed by atoms with van der Waals surface area (Å²) in [6.07, 6.45) is -2.53. The standard InChI is InChI=1S/C17H20F3NO3/c1-11(12-5-4-6-13(10-12)17(18,19)20)9-15(22)21-8-3-2-7-14(21)16(23)24/h4-6,10-11,14H,2-3,7-9H2,1H3,(H,23,24)/t11?,14-/m1/s1. The van der Waals surface area contributed by atoms with Gasteiger partial charge in [0.25, 0.3) is 0 Å². The normalized spacial score (nSPS) is 19.8. The number of piperidine rings is 1. The third kappa shape index (κ3) is 4.27. The molecule has 7 heteroatoms. The van der Waals surface area contributed by atoms with Crippen LogP contribution in [0.25, 0.3) is 0 Å². The molecule has 24 heavy (non-hydrogen) atoms. The first-order valence-corrected chi connectivity index (χ1v) is 7.89. The van der Waals surface area contributed by atoms with E-state index in [9.17, 15) is 27.9 Å². The number of hydrogen-bond acceptors (Lipinski definition) is 2. The fourth-order valence-corrected chi connectivity index (χ4v) is 3.01. The molecule has 1 N–H and O–H groups in total. The summed E-state index contributed by atoms with van der Waals surface area (Å²) in [5.74, 6) is -1.78. The van der Waals surface area contributed by atoms with E-state index in [4.69, 9.17) is 0 Å². The molecule has 0 aromatic heterocycles. The first kappa shape index (κ1) is 18.3. The number of carboxylic acids is 1. The molecule has 1 amide bonds. The summed E-state index contributed by atoms with van der Waals surface area (Å²) < 4.78 is 38.4. The molecule has 1 unspecified atom stereocenters. The van der Waals surface area contributed by atoms with E-state index in [1.165, 1.54) is 11.0 Å². The van der Waals surface area contributed by atoms with Crippen LogP contribution in [-0.2, 0) is 15.8 Å². The third-order valence-electron chi connectivity index (χ3n) is 4.37. The Labute approximate surface area is 138 Å². The lowest BCUT2D eigenvalue weighted by molar-refractivity contribution is -0.152. The smallest absolute Gasteiger partial charge is 0.416 e. The Balaban J connectivity index is 2.10. The minimum Gasteiger partial charge on any atom is -0.480 e. The predicted molar refractivity (Wildman–Crippen MR) is 81.5 cm³/mol. The first-order valence-electron chi connectivity index (χ1n) is 7.89. The molecule has 2 atom stereocenters. The molecular weight excluding hydrogens is 323 g/mol. The topological polar surface area (TPSA) is 57.6 Å². The molecule has 1 heterocycles. The van der Waals surface area contributed by atoms with Crippen molar-refractivity contribution in [3.05, 3.63) is 35.4 Å². The molecule has 0 aliphatic carbocycles. The molecule has 1 aromatic rings. The van der Waals surface area contributed by atoms with Crippen molar-refractivity contribution in [2.24, 2.45) is 0 Å². The third-order valence-corrected chi connectivity index (χ3v) is 4.37. The average Bonchev–Trinajstić information content (AvgIpc) is 2.54. The van der Waals surface area contributed by atoms with Crippen LogP contribution in [0.3, 0.4) is 0 Å². The first-order chi connectivity index (χ1) is 11.2. The number of rotatable bonds is 4. The monoisotopic (exact) mass is 343 g/mol. The van der Waals surface area contributed by atoms with Crippen molar-refractivity contribution in [2.45, 2.75) is 50.7 Å². The van der Waals surface area contributed by atoms with E-state index in [1.54, 1.807) is 13.0 Å². The summed E-state index contributed by atoms with van der Waals surface area (Å²) in [6.45, 7) is 2.05. The van der Waals surface area contributed by atoms with Crippen LogP contribution in [0.1, 0.15) is 49.7 Å². The maximum Gasteiger partial charge on any atom is 0.416 e. The number of amides is 1. The van der Waals surface area contributed by atoms with Gasteiger partial charge < -0.3 is 10.0 Å². The number of alkyl halides is 3. The maximum atomic E-state index is 12.8. The van der Waals surface area contributed by atoms with Crippen LogP contribution in [0.5, 0.6) is 0 Å². The highest BCUT2D eigenvalue weighted by Crippen LogP contribution is 2.32. The van der Waals surface area contributed by atoms with Crippen LogP contribution in [0.2, 0.25) is 0 Å². The van der Waals surface area contributed by atoms with Crippen molar-refractivity contribution in [1.82, 2.24) is 4.90 Å². The van der Waals surface area contributed by atoms with Gasteiger partial charge in [-0.2, -0.15) is 13.2 Å². The van der Waals surface area contributed by atoms with Gasteiger partial charge in [0.1, 0.15) is 6.04 Å². The molecule has 0 saturated carbocycles. The van der Waals surface area contributed by atoms with Gasteiger partial charge in [-0.25, -0.2) is 4.79 Å². The van der Waals surface area contributed by atoms with Crippen molar-refractivity contribution in [3.63, 3.8) is 0 Å². The lowest BCUT2D eigenvalue weighted by Gasteiger charge is -2.33. The molecule has 0 spiro atoms. The zero-order chi connectivity index (χ0) is 17.9. The van der Waals surface area contributed by atoms with Crippen molar-refractivity contribution >= 4 is 11.9 Å². The fourth-order valence-electron chi connectivity index (χ4n) is 3.01. The van der Waals surface area contributed by atoms with E-state index in [2.05, 4.69) is 0 Å². The van der Waals surface area contributed by atoms with E-state index in [-0.39, 0.29) is 12.3 Å². The van der Waals surface area contributed by atoms with E-state index in [1.807, 2.05) is 0 Å². The highest BCUT2D eigenvalue weighted by molar-refractivity contribution is 5.84. The Morgan fingerprint density at radius 1 is 1.33 bits per heavy atom. The van der Waals surface area contributed by atoms with Gasteiger partial charge in [-0.15, -0.1) is 0 Å². The van der Waals surface area contributed by atoms with Crippen LogP contribution >= 0.6 is 0 Å². The number of hydrogen-bond donors (Lipinski definition) is 1. The van der Waals surface area contributed by atoms with Crippen molar-refractivity contribution in [3.8, 4) is 0 Å². The predicted octanol–water partition coefficient (Wildman–Crippen LogP) is 3.66. The fraction of sp³-hybridized carbons (Fsp3) is 0.529. The minimum atomic E-state index is -4.43. The number of halogens is 3. The second kappa shape index (κ2) is 7.23. The van der Waals surface area contributed by atoms with Crippen LogP contribution in [0, 0.1) is 0 Å². The van der Waals surface area contributed by atoms with Crippen LogP contribution in [0.15, 0.2) is 24.3 Å². The van der Waals surface area contributed by atoms with Gasteiger partial charge in [-0.05, 0) is 36.8 Å². The largest absolute Gasteiger partial charge is 0.480 e. The molecule has 1 fully saturated rings. The highest BCUT2D eigenvalue weighted by Gasteiger charge is 2.33. The van der Waals surface area contributed by atoms with Crippen LogP contribution < -0.4 is 0 Å². The Morgan fingerprint density at radius 3 is 2.67 bits per heavy atom.